The molecule has 2 heterocycles. The van der Waals surface area contributed by atoms with Crippen molar-refractivity contribution in [2.75, 3.05) is 26.8 Å². The number of thiazole rings is 1. The minimum atomic E-state index is 0.0542. The van der Waals surface area contributed by atoms with Crippen LogP contribution in [0.15, 0.2) is 29.6 Å². The molecule has 0 saturated carbocycles. The predicted molar refractivity (Wildman–Crippen MR) is 107 cm³/mol. The lowest BCUT2D eigenvalue weighted by Gasteiger charge is -2.31. The maximum absolute atomic E-state index is 12.6. The first-order chi connectivity index (χ1) is 13.2. The molecule has 0 atom stereocenters. The summed E-state index contributed by atoms with van der Waals surface area (Å²) in [4.78, 5) is 18.9. The van der Waals surface area contributed by atoms with E-state index in [0.29, 0.717) is 24.8 Å². The number of hydrogen-bond donors (Lipinski definition) is 0. The van der Waals surface area contributed by atoms with E-state index >= 15 is 0 Å². The third-order valence-electron chi connectivity index (χ3n) is 5.02. The highest BCUT2D eigenvalue weighted by molar-refractivity contribution is 7.09. The van der Waals surface area contributed by atoms with E-state index in [1.807, 2.05) is 29.3 Å². The van der Waals surface area contributed by atoms with Crippen molar-refractivity contribution in [3.05, 3.63) is 45.9 Å². The molecule has 0 aliphatic carbocycles. The van der Waals surface area contributed by atoms with Crippen molar-refractivity contribution in [2.24, 2.45) is 5.92 Å². The molecule has 146 valence electrons. The van der Waals surface area contributed by atoms with Gasteiger partial charge in [0.1, 0.15) is 16.5 Å². The van der Waals surface area contributed by atoms with Crippen LogP contribution in [0.25, 0.3) is 0 Å². The summed E-state index contributed by atoms with van der Waals surface area (Å²) in [5.41, 5.74) is 1.91. The summed E-state index contributed by atoms with van der Waals surface area (Å²) in [6, 6.07) is 8.41. The first-order valence-electron chi connectivity index (χ1n) is 9.64. The fourth-order valence-corrected chi connectivity index (χ4v) is 4.21. The number of piperidine rings is 1. The second-order valence-electron chi connectivity index (χ2n) is 6.91. The van der Waals surface area contributed by atoms with Gasteiger partial charge in [0.15, 0.2) is 0 Å². The molecular formula is C21H28N2O3S. The van der Waals surface area contributed by atoms with E-state index in [1.54, 1.807) is 7.11 Å². The van der Waals surface area contributed by atoms with Gasteiger partial charge in [-0.2, -0.15) is 0 Å². The summed E-state index contributed by atoms with van der Waals surface area (Å²) >= 11 is 1.48. The van der Waals surface area contributed by atoms with E-state index < -0.39 is 0 Å². The molecule has 1 saturated heterocycles. The molecule has 1 aromatic carbocycles. The van der Waals surface area contributed by atoms with Crippen LogP contribution in [0.4, 0.5) is 0 Å². The van der Waals surface area contributed by atoms with Crippen molar-refractivity contribution in [1.29, 1.82) is 0 Å². The molecule has 0 radical (unpaired) electrons. The topological polar surface area (TPSA) is 51.7 Å². The van der Waals surface area contributed by atoms with E-state index in [-0.39, 0.29) is 5.91 Å². The first-order valence-corrected chi connectivity index (χ1v) is 10.5. The van der Waals surface area contributed by atoms with Crippen molar-refractivity contribution in [2.45, 2.75) is 39.2 Å². The van der Waals surface area contributed by atoms with Crippen LogP contribution in [0.2, 0.25) is 0 Å². The minimum absolute atomic E-state index is 0.0542. The Bertz CT molecular complexity index is 721. The van der Waals surface area contributed by atoms with Crippen LogP contribution in [-0.4, -0.2) is 42.6 Å². The Labute approximate surface area is 165 Å². The predicted octanol–water partition coefficient (Wildman–Crippen LogP) is 4.17. The molecule has 1 amide bonds. The number of rotatable bonds is 8. The average Bonchev–Trinajstić information content (AvgIpc) is 3.16. The minimum Gasteiger partial charge on any atom is -0.494 e. The summed E-state index contributed by atoms with van der Waals surface area (Å²) in [6.45, 7) is 4.81. The number of hydrogen-bond acceptors (Lipinski definition) is 5. The van der Waals surface area contributed by atoms with E-state index in [1.165, 1.54) is 23.3 Å². The Hall–Kier alpha value is -1.92. The van der Waals surface area contributed by atoms with Gasteiger partial charge in [-0.1, -0.05) is 12.1 Å². The summed E-state index contributed by atoms with van der Waals surface area (Å²) in [5, 5.41) is 2.69. The molecule has 0 N–H and O–H groups in total. The molecule has 2 aromatic rings. The molecular weight excluding hydrogens is 360 g/mol. The van der Waals surface area contributed by atoms with E-state index in [9.17, 15) is 4.79 Å². The number of carbonyl (C=O) groups is 1. The highest BCUT2D eigenvalue weighted by Gasteiger charge is 2.25. The zero-order valence-corrected chi connectivity index (χ0v) is 17.0. The van der Waals surface area contributed by atoms with Crippen LogP contribution in [0.3, 0.4) is 0 Å². The van der Waals surface area contributed by atoms with E-state index in [2.05, 4.69) is 17.1 Å². The molecule has 0 unspecified atom stereocenters. The standard InChI is InChI=1S/C21H28N2O3S/c1-3-26-18-8-6-16(7-9-18)4-5-17-10-12-23(13-11-17)21(24)19-15-27-20(22-19)14-25-2/h6-9,15,17H,3-5,10-14H2,1-2H3. The molecule has 1 aromatic heterocycles. The van der Waals surface area contributed by atoms with Crippen molar-refractivity contribution in [1.82, 2.24) is 9.88 Å². The lowest BCUT2D eigenvalue weighted by Crippen LogP contribution is -2.38. The van der Waals surface area contributed by atoms with Crippen LogP contribution in [-0.2, 0) is 17.8 Å². The largest absolute Gasteiger partial charge is 0.494 e. The van der Waals surface area contributed by atoms with Gasteiger partial charge >= 0.3 is 0 Å². The number of methoxy groups -OCH3 is 1. The van der Waals surface area contributed by atoms with Gasteiger partial charge in [0.25, 0.3) is 5.91 Å². The fraction of sp³-hybridized carbons (Fsp3) is 0.524. The average molecular weight is 389 g/mol. The zero-order chi connectivity index (χ0) is 19.1. The number of amides is 1. The van der Waals surface area contributed by atoms with Gasteiger partial charge in [-0.15, -0.1) is 11.3 Å². The van der Waals surface area contributed by atoms with Gasteiger partial charge in [-0.3, -0.25) is 4.79 Å². The molecule has 3 rings (SSSR count). The summed E-state index contributed by atoms with van der Waals surface area (Å²) in [6.07, 6.45) is 4.39. The Morgan fingerprint density at radius 2 is 2.00 bits per heavy atom. The van der Waals surface area contributed by atoms with Gasteiger partial charge in [0.2, 0.25) is 0 Å². The number of likely N-dealkylation sites (tertiary alicyclic amines) is 1. The van der Waals surface area contributed by atoms with E-state index in [4.69, 9.17) is 9.47 Å². The summed E-state index contributed by atoms with van der Waals surface area (Å²) < 4.78 is 10.6. The maximum atomic E-state index is 12.6. The van der Waals surface area contributed by atoms with Gasteiger partial charge in [0, 0.05) is 25.6 Å². The summed E-state index contributed by atoms with van der Waals surface area (Å²) in [5.74, 6) is 1.67. The van der Waals surface area contributed by atoms with Gasteiger partial charge < -0.3 is 14.4 Å². The van der Waals surface area contributed by atoms with Gasteiger partial charge in [-0.25, -0.2) is 4.98 Å². The lowest BCUT2D eigenvalue weighted by molar-refractivity contribution is 0.0681. The molecule has 27 heavy (non-hydrogen) atoms. The zero-order valence-electron chi connectivity index (χ0n) is 16.1. The van der Waals surface area contributed by atoms with Crippen LogP contribution in [0, 0.1) is 5.92 Å². The number of aromatic nitrogens is 1. The third kappa shape index (κ3) is 5.53. The van der Waals surface area contributed by atoms with Crippen LogP contribution >= 0.6 is 11.3 Å². The van der Waals surface area contributed by atoms with Gasteiger partial charge in [-0.05, 0) is 56.2 Å². The van der Waals surface area contributed by atoms with Crippen molar-refractivity contribution >= 4 is 17.2 Å². The molecule has 5 nitrogen and oxygen atoms in total. The molecule has 1 aliphatic rings. The quantitative estimate of drug-likeness (QED) is 0.681. The Balaban J connectivity index is 1.43. The van der Waals surface area contributed by atoms with Crippen molar-refractivity contribution in [3.63, 3.8) is 0 Å². The second-order valence-corrected chi connectivity index (χ2v) is 7.85. The first kappa shape index (κ1) is 19.8. The highest BCUT2D eigenvalue weighted by atomic mass is 32.1. The highest BCUT2D eigenvalue weighted by Crippen LogP contribution is 2.24. The lowest BCUT2D eigenvalue weighted by atomic mass is 9.90. The van der Waals surface area contributed by atoms with Crippen molar-refractivity contribution in [3.8, 4) is 5.75 Å². The Morgan fingerprint density at radius 1 is 1.26 bits per heavy atom. The molecule has 0 bridgehead atoms. The smallest absolute Gasteiger partial charge is 0.273 e. The maximum Gasteiger partial charge on any atom is 0.273 e. The van der Waals surface area contributed by atoms with Crippen LogP contribution < -0.4 is 4.74 Å². The number of carbonyl (C=O) groups excluding carboxylic acids is 1. The van der Waals surface area contributed by atoms with Crippen LogP contribution in [0.5, 0.6) is 5.75 Å². The number of benzene rings is 1. The fourth-order valence-electron chi connectivity index (χ4n) is 3.48. The Morgan fingerprint density at radius 3 is 2.67 bits per heavy atom. The number of ether oxygens (including phenoxy) is 2. The normalized spacial score (nSPS) is 15.1. The monoisotopic (exact) mass is 388 g/mol. The summed E-state index contributed by atoms with van der Waals surface area (Å²) in [7, 11) is 1.64. The third-order valence-corrected chi connectivity index (χ3v) is 5.84. The molecule has 1 aliphatic heterocycles. The molecule has 6 heteroatoms. The number of aryl methyl sites for hydroxylation is 1. The SMILES string of the molecule is CCOc1ccc(CCC2CCN(C(=O)c3csc(COC)n3)CC2)cc1. The number of nitrogens with zero attached hydrogens (tertiary/aromatic N) is 2. The van der Waals surface area contributed by atoms with Crippen LogP contribution in [0.1, 0.15) is 47.2 Å². The Kier molecular flexibility index (Phi) is 7.24. The molecule has 1 fully saturated rings. The van der Waals surface area contributed by atoms with Crippen molar-refractivity contribution < 1.29 is 14.3 Å². The second kappa shape index (κ2) is 9.85. The van der Waals surface area contributed by atoms with Gasteiger partial charge in [0.05, 0.1) is 13.2 Å². The van der Waals surface area contributed by atoms with E-state index in [0.717, 1.165) is 43.1 Å². The molecule has 0 spiro atoms.